The second-order valence-corrected chi connectivity index (χ2v) is 6.23. The average molecular weight is 311 g/mol. The highest BCUT2D eigenvalue weighted by Crippen LogP contribution is 2.42. The van der Waals surface area contributed by atoms with Gasteiger partial charge in [-0.25, -0.2) is 15.0 Å². The number of rotatable bonds is 5. The standard InChI is InChI=1S/C17H21N5O/c1-2-7-18-15(4-1)19-10-5-14-6-11-23-17(14)12-22(13-17)16-20-8-3-9-21-16/h1-4,7-9,14H,5-6,10-13H2,(H,18,19)/t14-/m0/s1. The van der Waals surface area contributed by atoms with Crippen LogP contribution in [0.25, 0.3) is 0 Å². The van der Waals surface area contributed by atoms with Gasteiger partial charge in [0.25, 0.3) is 0 Å². The number of nitrogens with one attached hydrogen (secondary N) is 1. The average Bonchev–Trinajstić information content (AvgIpc) is 2.99. The number of aromatic nitrogens is 3. The zero-order valence-electron chi connectivity index (χ0n) is 13.1. The largest absolute Gasteiger partial charge is 0.371 e. The van der Waals surface area contributed by atoms with E-state index in [1.165, 1.54) is 0 Å². The van der Waals surface area contributed by atoms with Crippen molar-refractivity contribution in [1.82, 2.24) is 15.0 Å². The van der Waals surface area contributed by atoms with Crippen LogP contribution in [0.4, 0.5) is 11.8 Å². The first-order chi connectivity index (χ1) is 11.4. The molecule has 2 fully saturated rings. The zero-order chi connectivity index (χ0) is 15.5. The van der Waals surface area contributed by atoms with Crippen LogP contribution in [0.3, 0.4) is 0 Å². The molecule has 2 aromatic heterocycles. The summed E-state index contributed by atoms with van der Waals surface area (Å²) in [4.78, 5) is 15.1. The first-order valence-electron chi connectivity index (χ1n) is 8.17. The molecule has 1 N–H and O–H groups in total. The lowest BCUT2D eigenvalue weighted by Gasteiger charge is -2.50. The summed E-state index contributed by atoms with van der Waals surface area (Å²) in [5, 5.41) is 3.40. The zero-order valence-corrected chi connectivity index (χ0v) is 13.1. The molecule has 1 spiro atoms. The Morgan fingerprint density at radius 1 is 1.13 bits per heavy atom. The van der Waals surface area contributed by atoms with E-state index in [-0.39, 0.29) is 5.60 Å². The Balaban J connectivity index is 1.31. The fraction of sp³-hybridized carbons (Fsp3) is 0.471. The lowest BCUT2D eigenvalue weighted by atomic mass is 9.79. The van der Waals surface area contributed by atoms with Gasteiger partial charge in [0.05, 0.1) is 13.1 Å². The van der Waals surface area contributed by atoms with E-state index in [4.69, 9.17) is 4.74 Å². The molecule has 6 heteroatoms. The molecule has 2 aromatic rings. The molecule has 0 amide bonds. The van der Waals surface area contributed by atoms with E-state index in [1.54, 1.807) is 12.4 Å². The smallest absolute Gasteiger partial charge is 0.225 e. The third-order valence-corrected chi connectivity index (χ3v) is 4.82. The lowest BCUT2D eigenvalue weighted by Crippen LogP contribution is -2.65. The Kier molecular flexibility index (Phi) is 3.83. The van der Waals surface area contributed by atoms with Crippen LogP contribution in [0.2, 0.25) is 0 Å². The summed E-state index contributed by atoms with van der Waals surface area (Å²) in [7, 11) is 0. The van der Waals surface area contributed by atoms with Gasteiger partial charge in [0.1, 0.15) is 11.4 Å². The predicted octanol–water partition coefficient (Wildman–Crippen LogP) is 1.97. The summed E-state index contributed by atoms with van der Waals surface area (Å²) >= 11 is 0. The minimum Gasteiger partial charge on any atom is -0.371 e. The van der Waals surface area contributed by atoms with Crippen molar-refractivity contribution in [3.05, 3.63) is 42.9 Å². The van der Waals surface area contributed by atoms with E-state index in [2.05, 4.69) is 25.2 Å². The van der Waals surface area contributed by atoms with Crippen LogP contribution < -0.4 is 10.2 Å². The number of nitrogens with zero attached hydrogens (tertiary/aromatic N) is 4. The summed E-state index contributed by atoms with van der Waals surface area (Å²) in [6, 6.07) is 7.77. The number of anilines is 2. The van der Waals surface area contributed by atoms with Crippen molar-refractivity contribution < 1.29 is 4.74 Å². The maximum absolute atomic E-state index is 6.10. The number of hydrogen-bond acceptors (Lipinski definition) is 6. The Labute approximate surface area is 135 Å². The van der Waals surface area contributed by atoms with Gasteiger partial charge in [0, 0.05) is 31.7 Å². The molecular formula is C17H21N5O. The summed E-state index contributed by atoms with van der Waals surface area (Å²) in [6.45, 7) is 3.57. The van der Waals surface area contributed by atoms with E-state index in [0.29, 0.717) is 5.92 Å². The highest BCUT2D eigenvalue weighted by molar-refractivity contribution is 5.38. The fourth-order valence-corrected chi connectivity index (χ4v) is 3.58. The van der Waals surface area contributed by atoms with Crippen molar-refractivity contribution in [2.75, 3.05) is 36.5 Å². The molecule has 1 atom stereocenters. The molecular weight excluding hydrogens is 290 g/mol. The summed E-state index contributed by atoms with van der Waals surface area (Å²) < 4.78 is 6.10. The monoisotopic (exact) mass is 311 g/mol. The molecule has 2 aliphatic rings. The van der Waals surface area contributed by atoms with Gasteiger partial charge in [-0.2, -0.15) is 0 Å². The molecule has 23 heavy (non-hydrogen) atoms. The van der Waals surface area contributed by atoms with Gasteiger partial charge in [-0.15, -0.1) is 0 Å². The van der Waals surface area contributed by atoms with Crippen LogP contribution in [0.1, 0.15) is 12.8 Å². The second-order valence-electron chi connectivity index (χ2n) is 6.23. The number of hydrogen-bond donors (Lipinski definition) is 1. The molecule has 2 aliphatic heterocycles. The van der Waals surface area contributed by atoms with E-state index in [0.717, 1.165) is 50.8 Å². The van der Waals surface area contributed by atoms with Crippen LogP contribution in [0.5, 0.6) is 0 Å². The van der Waals surface area contributed by atoms with E-state index in [9.17, 15) is 0 Å². The van der Waals surface area contributed by atoms with Gasteiger partial charge in [-0.05, 0) is 37.0 Å². The molecule has 0 aromatic carbocycles. The van der Waals surface area contributed by atoms with Crippen LogP contribution in [-0.2, 0) is 4.74 Å². The van der Waals surface area contributed by atoms with Gasteiger partial charge >= 0.3 is 0 Å². The Hall–Kier alpha value is -2.21. The SMILES string of the molecule is c1ccc(NCC[C@H]2CCOC23CN(c2ncccn2)C3)nc1. The highest BCUT2D eigenvalue weighted by Gasteiger charge is 2.53. The van der Waals surface area contributed by atoms with Crippen molar-refractivity contribution in [1.29, 1.82) is 0 Å². The normalized spacial score (nSPS) is 22.1. The minimum atomic E-state index is -0.00893. The van der Waals surface area contributed by atoms with Gasteiger partial charge < -0.3 is 15.0 Å². The minimum absolute atomic E-state index is 0.00893. The third kappa shape index (κ3) is 2.86. The molecule has 0 unspecified atom stereocenters. The molecule has 4 rings (SSSR count). The van der Waals surface area contributed by atoms with Crippen molar-refractivity contribution in [2.45, 2.75) is 18.4 Å². The first kappa shape index (κ1) is 14.4. The molecule has 120 valence electrons. The van der Waals surface area contributed by atoms with Crippen LogP contribution in [0.15, 0.2) is 42.9 Å². The first-order valence-corrected chi connectivity index (χ1v) is 8.17. The van der Waals surface area contributed by atoms with Crippen molar-refractivity contribution >= 4 is 11.8 Å². The quantitative estimate of drug-likeness (QED) is 0.911. The van der Waals surface area contributed by atoms with Crippen molar-refractivity contribution in [3.63, 3.8) is 0 Å². The van der Waals surface area contributed by atoms with Gasteiger partial charge in [-0.1, -0.05) is 6.07 Å². The second kappa shape index (κ2) is 6.12. The molecule has 0 radical (unpaired) electrons. The molecule has 0 bridgehead atoms. The molecule has 4 heterocycles. The van der Waals surface area contributed by atoms with Crippen LogP contribution in [0, 0.1) is 5.92 Å². The molecule has 0 saturated carbocycles. The maximum atomic E-state index is 6.10. The van der Waals surface area contributed by atoms with E-state index in [1.807, 2.05) is 30.5 Å². The molecule has 0 aliphatic carbocycles. The maximum Gasteiger partial charge on any atom is 0.225 e. The molecule has 6 nitrogen and oxygen atoms in total. The Morgan fingerprint density at radius 2 is 1.96 bits per heavy atom. The Bertz CT molecular complexity index is 630. The highest BCUT2D eigenvalue weighted by atomic mass is 16.5. The topological polar surface area (TPSA) is 63.2 Å². The predicted molar refractivity (Wildman–Crippen MR) is 88.4 cm³/mol. The van der Waals surface area contributed by atoms with E-state index < -0.39 is 0 Å². The lowest BCUT2D eigenvalue weighted by molar-refractivity contribution is -0.0454. The number of ether oxygens (including phenoxy) is 1. The third-order valence-electron chi connectivity index (χ3n) is 4.82. The number of pyridine rings is 1. The van der Waals surface area contributed by atoms with Gasteiger partial charge in [0.2, 0.25) is 5.95 Å². The van der Waals surface area contributed by atoms with Gasteiger partial charge in [0.15, 0.2) is 0 Å². The van der Waals surface area contributed by atoms with Crippen molar-refractivity contribution in [3.8, 4) is 0 Å². The fourth-order valence-electron chi connectivity index (χ4n) is 3.58. The van der Waals surface area contributed by atoms with E-state index >= 15 is 0 Å². The van der Waals surface area contributed by atoms with Crippen LogP contribution >= 0.6 is 0 Å². The van der Waals surface area contributed by atoms with Gasteiger partial charge in [-0.3, -0.25) is 0 Å². The van der Waals surface area contributed by atoms with Crippen molar-refractivity contribution in [2.24, 2.45) is 5.92 Å². The summed E-state index contributed by atoms with van der Waals surface area (Å²) in [6.07, 6.45) is 7.62. The molecule has 2 saturated heterocycles. The van der Waals surface area contributed by atoms with Crippen LogP contribution in [-0.4, -0.2) is 46.8 Å². The summed E-state index contributed by atoms with van der Waals surface area (Å²) in [5.41, 5.74) is -0.00893. The Morgan fingerprint density at radius 3 is 2.74 bits per heavy atom. The summed E-state index contributed by atoms with van der Waals surface area (Å²) in [5.74, 6) is 2.33.